The first-order valence-corrected chi connectivity index (χ1v) is 7.84. The number of carbonyl (C=O) groups excluding carboxylic acids is 1. The number of benzene rings is 1. The van der Waals surface area contributed by atoms with Crippen molar-refractivity contribution >= 4 is 5.78 Å². The van der Waals surface area contributed by atoms with Crippen LogP contribution in [0, 0.1) is 6.92 Å². The maximum Gasteiger partial charge on any atom is 0.227 e. The van der Waals surface area contributed by atoms with Crippen LogP contribution in [-0.2, 0) is 0 Å². The van der Waals surface area contributed by atoms with E-state index in [9.17, 15) is 14.7 Å². The quantitative estimate of drug-likeness (QED) is 0.491. The summed E-state index contributed by atoms with van der Waals surface area (Å²) in [4.78, 5) is 24.7. The van der Waals surface area contributed by atoms with E-state index in [-0.39, 0.29) is 23.9 Å². The summed E-state index contributed by atoms with van der Waals surface area (Å²) in [6.07, 6.45) is 0.406. The lowest BCUT2D eigenvalue weighted by Gasteiger charge is -2.18. The van der Waals surface area contributed by atoms with Crippen LogP contribution in [-0.4, -0.2) is 36.3 Å². The van der Waals surface area contributed by atoms with Gasteiger partial charge in [-0.15, -0.1) is 0 Å². The topological polar surface area (TPSA) is 109 Å². The minimum atomic E-state index is -1.05. The van der Waals surface area contributed by atoms with Gasteiger partial charge in [0.05, 0.1) is 7.11 Å². The van der Waals surface area contributed by atoms with Gasteiger partial charge in [0.1, 0.15) is 17.6 Å². The van der Waals surface area contributed by atoms with Gasteiger partial charge in [-0.1, -0.05) is 0 Å². The van der Waals surface area contributed by atoms with Crippen LogP contribution in [0.3, 0.4) is 0 Å². The fourth-order valence-electron chi connectivity index (χ4n) is 2.37. The highest BCUT2D eigenvalue weighted by Gasteiger charge is 2.28. The second kappa shape index (κ2) is 8.46. The minimum absolute atomic E-state index is 0.0554. The van der Waals surface area contributed by atoms with Gasteiger partial charge in [0.15, 0.2) is 11.5 Å². The Labute approximate surface area is 144 Å². The summed E-state index contributed by atoms with van der Waals surface area (Å²) in [5, 5.41) is 21.9. The largest absolute Gasteiger partial charge is 0.502 e. The lowest BCUT2D eigenvalue weighted by Crippen LogP contribution is -2.31. The molecule has 1 aromatic carbocycles. The van der Waals surface area contributed by atoms with E-state index >= 15 is 0 Å². The molecule has 25 heavy (non-hydrogen) atoms. The molecule has 134 valence electrons. The molecule has 7 nitrogen and oxygen atoms in total. The number of aliphatic hydroxyl groups excluding tert-OH is 1. The van der Waals surface area contributed by atoms with Crippen molar-refractivity contribution in [3.8, 4) is 11.5 Å². The Morgan fingerprint density at radius 2 is 2.00 bits per heavy atom. The highest BCUT2D eigenvalue weighted by atomic mass is 16.5. The zero-order chi connectivity index (χ0) is 18.4. The normalized spacial score (nSPS) is 12.0. The summed E-state index contributed by atoms with van der Waals surface area (Å²) < 4.78 is 10.5. The molecular formula is C18H21NO6. The van der Waals surface area contributed by atoms with Crippen LogP contribution in [0.15, 0.2) is 39.5 Å². The lowest BCUT2D eigenvalue weighted by atomic mass is 10.0. The molecule has 1 unspecified atom stereocenters. The van der Waals surface area contributed by atoms with Crippen molar-refractivity contribution in [1.82, 2.24) is 5.32 Å². The molecule has 1 aromatic heterocycles. The van der Waals surface area contributed by atoms with Gasteiger partial charge >= 0.3 is 0 Å². The maximum atomic E-state index is 12.9. The Balaban J connectivity index is 2.41. The standard InChI is InChI=1S/C18H21NO6/c1-11-10-14(21)17(23)18(25-11)15(19-8-3-9-20)16(22)12-4-6-13(24-2)7-5-12/h4-7,10,15,19-20,23H,3,8-9H2,1-2H3. The number of ketones is 1. The molecule has 2 rings (SSSR count). The first kappa shape index (κ1) is 18.7. The third kappa shape index (κ3) is 4.46. The summed E-state index contributed by atoms with van der Waals surface area (Å²) in [7, 11) is 1.52. The Kier molecular flexibility index (Phi) is 6.32. The van der Waals surface area contributed by atoms with Gasteiger partial charge in [0, 0.05) is 18.2 Å². The van der Waals surface area contributed by atoms with Crippen LogP contribution in [0.25, 0.3) is 0 Å². The molecular weight excluding hydrogens is 326 g/mol. The van der Waals surface area contributed by atoms with Crippen molar-refractivity contribution in [3.05, 3.63) is 57.6 Å². The van der Waals surface area contributed by atoms with E-state index in [0.29, 0.717) is 24.3 Å². The van der Waals surface area contributed by atoms with E-state index in [1.165, 1.54) is 7.11 Å². The average Bonchev–Trinajstić information content (AvgIpc) is 2.62. The van der Waals surface area contributed by atoms with Crippen molar-refractivity contribution in [2.45, 2.75) is 19.4 Å². The average molecular weight is 347 g/mol. The molecule has 0 bridgehead atoms. The van der Waals surface area contributed by atoms with Gasteiger partial charge in [0.2, 0.25) is 11.2 Å². The fourth-order valence-corrected chi connectivity index (χ4v) is 2.37. The predicted octanol–water partition coefficient (Wildman–Crippen LogP) is 1.56. The summed E-state index contributed by atoms with van der Waals surface area (Å²) >= 11 is 0. The number of aliphatic hydroxyl groups is 1. The first-order chi connectivity index (χ1) is 12.0. The molecule has 0 aliphatic carbocycles. The molecule has 0 saturated heterocycles. The third-order valence-corrected chi connectivity index (χ3v) is 3.65. The van der Waals surface area contributed by atoms with E-state index in [4.69, 9.17) is 14.3 Å². The number of nitrogens with one attached hydrogen (secondary N) is 1. The molecule has 0 radical (unpaired) electrons. The smallest absolute Gasteiger partial charge is 0.227 e. The van der Waals surface area contributed by atoms with Gasteiger partial charge in [0.25, 0.3) is 0 Å². The van der Waals surface area contributed by atoms with Crippen molar-refractivity contribution in [3.63, 3.8) is 0 Å². The molecule has 2 aromatic rings. The number of carbonyl (C=O) groups is 1. The second-order valence-corrected chi connectivity index (χ2v) is 5.49. The van der Waals surface area contributed by atoms with E-state index in [0.717, 1.165) is 6.07 Å². The predicted molar refractivity (Wildman–Crippen MR) is 91.2 cm³/mol. The number of hydrogen-bond donors (Lipinski definition) is 3. The number of hydrogen-bond acceptors (Lipinski definition) is 7. The summed E-state index contributed by atoms with van der Waals surface area (Å²) in [6, 6.07) is 6.57. The van der Waals surface area contributed by atoms with Gasteiger partial charge in [-0.05, 0) is 44.2 Å². The molecule has 0 fully saturated rings. The van der Waals surface area contributed by atoms with E-state index in [2.05, 4.69) is 5.32 Å². The highest BCUT2D eigenvalue weighted by Crippen LogP contribution is 2.26. The Morgan fingerprint density at radius 1 is 1.32 bits per heavy atom. The fraction of sp³-hybridized carbons (Fsp3) is 0.333. The first-order valence-electron chi connectivity index (χ1n) is 7.84. The number of methoxy groups -OCH3 is 1. The minimum Gasteiger partial charge on any atom is -0.502 e. The van der Waals surface area contributed by atoms with E-state index in [1.54, 1.807) is 31.2 Å². The molecule has 0 spiro atoms. The van der Waals surface area contributed by atoms with Crippen LogP contribution in [0.4, 0.5) is 0 Å². The molecule has 0 aliphatic rings. The van der Waals surface area contributed by atoms with Crippen molar-refractivity contribution in [2.24, 2.45) is 0 Å². The molecule has 1 heterocycles. The number of ether oxygens (including phenoxy) is 1. The van der Waals surface area contributed by atoms with Gasteiger partial charge in [-0.25, -0.2) is 0 Å². The highest BCUT2D eigenvalue weighted by molar-refractivity contribution is 6.00. The van der Waals surface area contributed by atoms with Crippen LogP contribution in [0.2, 0.25) is 0 Å². The van der Waals surface area contributed by atoms with Crippen molar-refractivity contribution in [2.75, 3.05) is 20.3 Å². The maximum absolute atomic E-state index is 12.9. The molecule has 0 saturated carbocycles. The molecule has 1 atom stereocenters. The Morgan fingerprint density at radius 3 is 2.60 bits per heavy atom. The lowest BCUT2D eigenvalue weighted by molar-refractivity contribution is 0.0924. The van der Waals surface area contributed by atoms with Crippen LogP contribution in [0.1, 0.15) is 34.3 Å². The molecule has 7 heteroatoms. The number of rotatable bonds is 8. The molecule has 3 N–H and O–H groups in total. The van der Waals surface area contributed by atoms with Crippen LogP contribution >= 0.6 is 0 Å². The second-order valence-electron chi connectivity index (χ2n) is 5.49. The van der Waals surface area contributed by atoms with E-state index in [1.807, 2.05) is 0 Å². The number of aryl methyl sites for hydroxylation is 1. The zero-order valence-electron chi connectivity index (χ0n) is 14.1. The van der Waals surface area contributed by atoms with E-state index < -0.39 is 17.2 Å². The summed E-state index contributed by atoms with van der Waals surface area (Å²) in [5.74, 6) is -0.220. The Hall–Kier alpha value is -2.64. The van der Waals surface area contributed by atoms with Gasteiger partial charge in [-0.3, -0.25) is 9.59 Å². The zero-order valence-corrected chi connectivity index (χ0v) is 14.1. The van der Waals surface area contributed by atoms with Crippen molar-refractivity contribution < 1.29 is 24.2 Å². The number of aromatic hydroxyl groups is 1. The van der Waals surface area contributed by atoms with Crippen molar-refractivity contribution in [1.29, 1.82) is 0 Å². The van der Waals surface area contributed by atoms with Gasteiger partial charge in [-0.2, -0.15) is 0 Å². The third-order valence-electron chi connectivity index (χ3n) is 3.65. The summed E-state index contributed by atoms with van der Waals surface area (Å²) in [5.41, 5.74) is -0.249. The SMILES string of the molecule is COc1ccc(C(=O)C(NCCCO)c2oc(C)cc(=O)c2O)cc1. The molecule has 0 amide bonds. The monoisotopic (exact) mass is 347 g/mol. The Bertz CT molecular complexity index is 781. The summed E-state index contributed by atoms with van der Waals surface area (Å²) in [6.45, 7) is 1.81. The van der Waals surface area contributed by atoms with Crippen LogP contribution < -0.4 is 15.5 Å². The number of Topliss-reactive ketones (excluding diaryl/α,β-unsaturated/α-hetero) is 1. The molecule has 0 aliphatic heterocycles. The van der Waals surface area contributed by atoms with Crippen LogP contribution in [0.5, 0.6) is 11.5 Å². The van der Waals surface area contributed by atoms with Gasteiger partial charge < -0.3 is 24.7 Å².